The fourth-order valence-corrected chi connectivity index (χ4v) is 6.04. The number of unbranched alkanes of at least 4 members (excludes halogenated alkanes) is 2. The maximum Gasteiger partial charge on any atom is 0.341 e. The Morgan fingerprint density at radius 1 is 0.704 bits per heavy atom. The van der Waals surface area contributed by atoms with Crippen LogP contribution in [-0.2, 0) is 4.74 Å². The number of nitrogens with zero attached hydrogens (tertiary/aromatic N) is 4. The molecule has 0 bridgehead atoms. The largest absolute Gasteiger partial charge is 0.493 e. The van der Waals surface area contributed by atoms with E-state index in [1.54, 1.807) is 19.2 Å². The van der Waals surface area contributed by atoms with Crippen molar-refractivity contribution >= 4 is 34.0 Å². The van der Waals surface area contributed by atoms with Crippen LogP contribution in [-0.4, -0.2) is 80.4 Å². The molecule has 0 saturated carbocycles. The zero-order valence-corrected chi connectivity index (χ0v) is 29.9. The van der Waals surface area contributed by atoms with Crippen molar-refractivity contribution in [2.45, 2.75) is 46.5 Å². The lowest BCUT2D eigenvalue weighted by molar-refractivity contribution is 0.0528. The van der Waals surface area contributed by atoms with Gasteiger partial charge in [-0.2, -0.15) is 0 Å². The molecule has 0 unspecified atom stereocenters. The van der Waals surface area contributed by atoms with Crippen LogP contribution in [0.2, 0.25) is 0 Å². The first-order valence-electron chi connectivity index (χ1n) is 17.6. The number of hydrogen-bond donors (Lipinski definition) is 3. The fraction of sp³-hybridized carbons (Fsp3) is 0.316. The molecule has 2 aromatic carbocycles. The zero-order valence-electron chi connectivity index (χ0n) is 29.9. The number of carbonyl (C=O) groups is 2. The molecule has 54 heavy (non-hydrogen) atoms. The highest BCUT2D eigenvalue weighted by atomic mass is 16.7. The highest BCUT2D eigenvalue weighted by Gasteiger charge is 2.29. The highest BCUT2D eigenvalue weighted by molar-refractivity contribution is 6.07. The van der Waals surface area contributed by atoms with Gasteiger partial charge in [0.25, 0.3) is 0 Å². The molecule has 280 valence electrons. The van der Waals surface area contributed by atoms with E-state index in [0.717, 1.165) is 25.7 Å². The number of carboxylic acids is 1. The Morgan fingerprint density at radius 2 is 1.20 bits per heavy atom. The minimum absolute atomic E-state index is 0.0850. The van der Waals surface area contributed by atoms with Crippen molar-refractivity contribution in [2.75, 3.05) is 33.4 Å². The number of rotatable bonds is 13. The average molecular weight is 739 g/mol. The maximum absolute atomic E-state index is 12.2. The molecule has 0 spiro atoms. The van der Waals surface area contributed by atoms with Gasteiger partial charge < -0.3 is 48.2 Å². The van der Waals surface area contributed by atoms with Gasteiger partial charge in [-0.15, -0.1) is 0 Å². The van der Waals surface area contributed by atoms with Gasteiger partial charge in [0.1, 0.15) is 57.7 Å². The molecule has 0 radical (unpaired) electrons. The lowest BCUT2D eigenvalue weighted by Gasteiger charge is -2.13. The topological polar surface area (TPSA) is 202 Å². The molecular formula is C38H38N6O10. The molecule has 16 heteroatoms. The van der Waals surface area contributed by atoms with Crippen LogP contribution in [0.4, 0.5) is 0 Å². The Kier molecular flexibility index (Phi) is 10.6. The number of fused-ring (bicyclic) bond motifs is 4. The number of hydrogen-bond acceptors (Lipinski definition) is 13. The Hall–Kier alpha value is -6.58. The van der Waals surface area contributed by atoms with E-state index in [4.69, 9.17) is 33.2 Å². The number of benzene rings is 2. The Labute approximate surface area is 308 Å². The van der Waals surface area contributed by atoms with Crippen LogP contribution in [0, 0.1) is 0 Å². The summed E-state index contributed by atoms with van der Waals surface area (Å²) in [5.41, 5.74) is 4.77. The first kappa shape index (κ1) is 35.8. The van der Waals surface area contributed by atoms with E-state index in [2.05, 4.69) is 43.8 Å². The summed E-state index contributed by atoms with van der Waals surface area (Å²) in [7, 11) is 0. The van der Waals surface area contributed by atoms with E-state index in [9.17, 15) is 14.7 Å². The molecule has 4 aromatic heterocycles. The SMILES string of the molecule is CCCCOc1ccc2c(c1-c1ncnc3c(C(=O)O)c[nH]c13)OCO2.CCCCOc1ccc2c(c1-c1ncnc3c(C(=O)OCC)c[nH]c13)OCO2. The van der Waals surface area contributed by atoms with Crippen molar-refractivity contribution in [1.82, 2.24) is 29.9 Å². The second kappa shape index (κ2) is 16.0. The Bertz CT molecular complexity index is 2320. The predicted molar refractivity (Wildman–Crippen MR) is 195 cm³/mol. The molecule has 3 N–H and O–H groups in total. The summed E-state index contributed by atoms with van der Waals surface area (Å²) in [4.78, 5) is 46.9. The van der Waals surface area contributed by atoms with Gasteiger partial charge in [0.05, 0.1) is 42.0 Å². The van der Waals surface area contributed by atoms with Crippen molar-refractivity contribution in [2.24, 2.45) is 0 Å². The minimum Gasteiger partial charge on any atom is -0.493 e. The fourth-order valence-electron chi connectivity index (χ4n) is 6.04. The van der Waals surface area contributed by atoms with Crippen LogP contribution in [0.5, 0.6) is 34.5 Å². The number of aromatic amines is 2. The molecule has 0 amide bonds. The standard InChI is InChI=1S/C20H21N3O5.C18H17N3O5/c1-3-5-8-26-13-6-7-14-19(28-11-27-14)15(13)17-18-16(22-10-23-17)12(9-21-18)20(24)25-4-2;1-2-3-6-24-11-4-5-12-17(26-9-25-12)13(11)15-16-14(20-8-21-15)10(7-19-16)18(22)23/h6-7,9-10,21H,3-5,8,11H2,1-2H3;4-5,7-8,19H,2-3,6,9H2,1H3,(H,22,23). The zero-order chi connectivity index (χ0) is 37.6. The van der Waals surface area contributed by atoms with E-state index in [0.29, 0.717) is 97.9 Å². The van der Waals surface area contributed by atoms with Gasteiger partial charge in [0.2, 0.25) is 13.6 Å². The number of nitrogens with one attached hydrogen (secondary N) is 2. The second-order valence-electron chi connectivity index (χ2n) is 12.1. The summed E-state index contributed by atoms with van der Waals surface area (Å²) in [6, 6.07) is 7.28. The summed E-state index contributed by atoms with van der Waals surface area (Å²) in [6.07, 6.45) is 9.62. The number of aromatic nitrogens is 6. The third-order valence-electron chi connectivity index (χ3n) is 8.64. The molecule has 0 aliphatic carbocycles. The normalized spacial score (nSPS) is 12.4. The van der Waals surface area contributed by atoms with Crippen LogP contribution in [0.1, 0.15) is 67.2 Å². The van der Waals surface area contributed by atoms with Crippen LogP contribution in [0.15, 0.2) is 49.3 Å². The van der Waals surface area contributed by atoms with Gasteiger partial charge >= 0.3 is 11.9 Å². The van der Waals surface area contributed by atoms with E-state index < -0.39 is 11.9 Å². The van der Waals surface area contributed by atoms with Gasteiger partial charge in [-0.3, -0.25) is 0 Å². The average Bonchev–Trinajstić information content (AvgIpc) is 4.01. The van der Waals surface area contributed by atoms with Gasteiger partial charge in [-0.1, -0.05) is 26.7 Å². The summed E-state index contributed by atoms with van der Waals surface area (Å²) in [5.74, 6) is 2.08. The number of esters is 1. The third-order valence-corrected chi connectivity index (χ3v) is 8.64. The summed E-state index contributed by atoms with van der Waals surface area (Å²) in [6.45, 7) is 7.62. The molecule has 6 aromatic rings. The number of H-pyrrole nitrogens is 2. The van der Waals surface area contributed by atoms with Crippen LogP contribution in [0.3, 0.4) is 0 Å². The van der Waals surface area contributed by atoms with Gasteiger partial charge in [0.15, 0.2) is 23.0 Å². The van der Waals surface area contributed by atoms with Gasteiger partial charge in [0, 0.05) is 12.4 Å². The van der Waals surface area contributed by atoms with E-state index in [1.807, 2.05) is 18.2 Å². The minimum atomic E-state index is -1.06. The van der Waals surface area contributed by atoms with E-state index in [1.165, 1.54) is 18.9 Å². The molecule has 0 atom stereocenters. The van der Waals surface area contributed by atoms with Crippen molar-refractivity contribution in [1.29, 1.82) is 0 Å². The molecule has 0 fully saturated rings. The maximum atomic E-state index is 12.2. The molecule has 2 aliphatic rings. The third kappa shape index (κ3) is 6.85. The van der Waals surface area contributed by atoms with Crippen molar-refractivity contribution in [3.05, 3.63) is 60.4 Å². The Morgan fingerprint density at radius 3 is 1.69 bits per heavy atom. The second-order valence-corrected chi connectivity index (χ2v) is 12.1. The predicted octanol–water partition coefficient (Wildman–Crippen LogP) is 6.94. The molecule has 16 nitrogen and oxygen atoms in total. The van der Waals surface area contributed by atoms with Crippen LogP contribution < -0.4 is 28.4 Å². The monoisotopic (exact) mass is 738 g/mol. The van der Waals surface area contributed by atoms with E-state index >= 15 is 0 Å². The van der Waals surface area contributed by atoms with Crippen LogP contribution in [0.25, 0.3) is 44.6 Å². The van der Waals surface area contributed by atoms with Crippen molar-refractivity contribution < 1.29 is 47.9 Å². The number of carboxylic acid groups (broad SMARTS) is 1. The molecule has 8 rings (SSSR count). The Balaban J connectivity index is 0.000000167. The quantitative estimate of drug-likeness (QED) is 0.0812. The summed E-state index contributed by atoms with van der Waals surface area (Å²) >= 11 is 0. The van der Waals surface area contributed by atoms with Gasteiger partial charge in [-0.05, 0) is 44.0 Å². The smallest absolute Gasteiger partial charge is 0.341 e. The number of aromatic carboxylic acids is 1. The lowest BCUT2D eigenvalue weighted by Crippen LogP contribution is -2.04. The molecular weight excluding hydrogens is 700 g/mol. The first-order chi connectivity index (χ1) is 26.4. The van der Waals surface area contributed by atoms with Crippen LogP contribution >= 0.6 is 0 Å². The molecule has 6 heterocycles. The van der Waals surface area contributed by atoms with Gasteiger partial charge in [-0.25, -0.2) is 29.5 Å². The number of ether oxygens (including phenoxy) is 7. The molecule has 0 saturated heterocycles. The van der Waals surface area contributed by atoms with Crippen molar-refractivity contribution in [3.63, 3.8) is 0 Å². The first-order valence-corrected chi connectivity index (χ1v) is 17.6. The summed E-state index contributed by atoms with van der Waals surface area (Å²) < 4.78 is 39.4. The summed E-state index contributed by atoms with van der Waals surface area (Å²) in [5, 5.41) is 9.34. The molecule has 2 aliphatic heterocycles. The number of carbonyl (C=O) groups excluding carboxylic acids is 1. The van der Waals surface area contributed by atoms with E-state index in [-0.39, 0.29) is 25.8 Å². The lowest BCUT2D eigenvalue weighted by atomic mass is 10.1. The van der Waals surface area contributed by atoms with Crippen molar-refractivity contribution in [3.8, 4) is 57.0 Å². The highest BCUT2D eigenvalue weighted by Crippen LogP contribution is 2.49.